The van der Waals surface area contributed by atoms with Crippen molar-refractivity contribution in [2.75, 3.05) is 6.54 Å². The maximum Gasteiger partial charge on any atom is 0.290 e. The van der Waals surface area contributed by atoms with Crippen molar-refractivity contribution in [1.29, 1.82) is 0 Å². The van der Waals surface area contributed by atoms with Crippen LogP contribution in [0.3, 0.4) is 0 Å². The zero-order valence-electron chi connectivity index (χ0n) is 11.4. The number of nitrogens with two attached hydrogens (primary N) is 1. The Morgan fingerprint density at radius 3 is 2.95 bits per heavy atom. The maximum absolute atomic E-state index is 12.5. The van der Waals surface area contributed by atoms with E-state index in [-0.39, 0.29) is 17.6 Å². The van der Waals surface area contributed by atoms with E-state index in [1.807, 2.05) is 0 Å². The Balaban J connectivity index is 1.87. The van der Waals surface area contributed by atoms with Gasteiger partial charge in [-0.3, -0.25) is 14.7 Å². The van der Waals surface area contributed by atoms with Crippen LogP contribution in [0, 0.1) is 0 Å². The van der Waals surface area contributed by atoms with Gasteiger partial charge in [0.1, 0.15) is 5.69 Å². The van der Waals surface area contributed by atoms with Crippen molar-refractivity contribution >= 4 is 11.8 Å². The number of primary amides is 1. The van der Waals surface area contributed by atoms with Gasteiger partial charge in [0.2, 0.25) is 0 Å². The van der Waals surface area contributed by atoms with Gasteiger partial charge in [0.15, 0.2) is 5.76 Å². The lowest BCUT2D eigenvalue weighted by Gasteiger charge is -2.34. The highest BCUT2D eigenvalue weighted by molar-refractivity contribution is 5.92. The average Bonchev–Trinajstić information content (AvgIpc) is 3.18. The van der Waals surface area contributed by atoms with Gasteiger partial charge in [0.25, 0.3) is 11.8 Å². The number of H-pyrrole nitrogens is 1. The molecule has 0 radical (unpaired) electrons. The van der Waals surface area contributed by atoms with Gasteiger partial charge in [0.05, 0.1) is 18.0 Å². The van der Waals surface area contributed by atoms with Crippen LogP contribution < -0.4 is 5.73 Å². The molecule has 1 saturated heterocycles. The molecule has 2 aromatic heterocycles. The van der Waals surface area contributed by atoms with Gasteiger partial charge in [-0.15, -0.1) is 0 Å². The number of nitrogens with zero attached hydrogens (tertiary/aromatic N) is 2. The number of aromatic nitrogens is 2. The maximum atomic E-state index is 12.5. The van der Waals surface area contributed by atoms with Crippen molar-refractivity contribution < 1.29 is 14.0 Å². The second kappa shape index (κ2) is 5.43. The minimum atomic E-state index is -0.586. The molecular formula is C14H16N4O3. The molecule has 2 amide bonds. The smallest absolute Gasteiger partial charge is 0.290 e. The van der Waals surface area contributed by atoms with Crippen molar-refractivity contribution in [3.63, 3.8) is 0 Å². The number of carbonyl (C=O) groups is 2. The average molecular weight is 288 g/mol. The molecule has 1 atom stereocenters. The third-order valence-corrected chi connectivity index (χ3v) is 3.70. The Hall–Kier alpha value is -2.57. The molecule has 110 valence electrons. The summed E-state index contributed by atoms with van der Waals surface area (Å²) in [7, 11) is 0. The molecule has 2 aromatic rings. The summed E-state index contributed by atoms with van der Waals surface area (Å²) in [6.07, 6.45) is 4.25. The van der Waals surface area contributed by atoms with Crippen molar-refractivity contribution in [3.05, 3.63) is 41.6 Å². The first-order chi connectivity index (χ1) is 10.2. The summed E-state index contributed by atoms with van der Waals surface area (Å²) < 4.78 is 5.19. The first kappa shape index (κ1) is 13.4. The molecular weight excluding hydrogens is 272 g/mol. The summed E-state index contributed by atoms with van der Waals surface area (Å²) in [4.78, 5) is 25.4. The van der Waals surface area contributed by atoms with Gasteiger partial charge in [-0.05, 0) is 37.5 Å². The van der Waals surface area contributed by atoms with Crippen LogP contribution in [0.2, 0.25) is 0 Å². The lowest BCUT2D eigenvalue weighted by atomic mass is 9.98. The Kier molecular flexibility index (Phi) is 3.47. The molecule has 0 spiro atoms. The molecule has 1 aliphatic rings. The summed E-state index contributed by atoms with van der Waals surface area (Å²) in [5.41, 5.74) is 6.12. The summed E-state index contributed by atoms with van der Waals surface area (Å²) in [5, 5.41) is 6.70. The number of carbonyl (C=O) groups excluding carboxylic acids is 2. The molecule has 0 bridgehead atoms. The second-order valence-corrected chi connectivity index (χ2v) is 5.06. The number of hydrogen-bond acceptors (Lipinski definition) is 4. The largest absolute Gasteiger partial charge is 0.459 e. The monoisotopic (exact) mass is 288 g/mol. The normalized spacial score (nSPS) is 18.7. The summed E-state index contributed by atoms with van der Waals surface area (Å²) in [6, 6.07) is 4.81. The molecule has 3 N–H and O–H groups in total. The predicted octanol–water partition coefficient (Wildman–Crippen LogP) is 1.47. The molecule has 21 heavy (non-hydrogen) atoms. The van der Waals surface area contributed by atoms with Crippen molar-refractivity contribution in [3.8, 4) is 0 Å². The zero-order chi connectivity index (χ0) is 14.8. The number of piperidine rings is 1. The highest BCUT2D eigenvalue weighted by Crippen LogP contribution is 2.31. The molecule has 0 saturated carbocycles. The fraction of sp³-hybridized carbons (Fsp3) is 0.357. The van der Waals surface area contributed by atoms with Crippen molar-refractivity contribution in [1.82, 2.24) is 15.1 Å². The lowest BCUT2D eigenvalue weighted by molar-refractivity contribution is 0.0573. The molecule has 3 rings (SSSR count). The van der Waals surface area contributed by atoms with Crippen molar-refractivity contribution in [2.24, 2.45) is 5.73 Å². The van der Waals surface area contributed by atoms with Crippen LogP contribution in [0.15, 0.2) is 28.9 Å². The first-order valence-electron chi connectivity index (χ1n) is 6.86. The summed E-state index contributed by atoms with van der Waals surface area (Å²) in [6.45, 7) is 0.648. The van der Waals surface area contributed by atoms with E-state index < -0.39 is 5.91 Å². The van der Waals surface area contributed by atoms with Crippen LogP contribution in [-0.4, -0.2) is 33.5 Å². The van der Waals surface area contributed by atoms with Crippen LogP contribution in [0.25, 0.3) is 0 Å². The quantitative estimate of drug-likeness (QED) is 0.892. The third kappa shape index (κ3) is 2.54. The first-order valence-corrected chi connectivity index (χ1v) is 6.86. The van der Waals surface area contributed by atoms with E-state index in [4.69, 9.17) is 10.2 Å². The van der Waals surface area contributed by atoms with E-state index in [1.54, 1.807) is 23.1 Å². The Morgan fingerprint density at radius 1 is 1.43 bits per heavy atom. The SMILES string of the molecule is NC(=O)c1cc(C2CCCCN2C(=O)c2ccco2)[nH]n1. The van der Waals surface area contributed by atoms with Gasteiger partial charge in [-0.2, -0.15) is 5.10 Å². The van der Waals surface area contributed by atoms with Gasteiger partial charge in [0, 0.05) is 6.54 Å². The minimum Gasteiger partial charge on any atom is -0.459 e. The number of furan rings is 1. The highest BCUT2D eigenvalue weighted by atomic mass is 16.3. The number of likely N-dealkylation sites (tertiary alicyclic amines) is 1. The number of hydrogen-bond donors (Lipinski definition) is 2. The van der Waals surface area contributed by atoms with Crippen LogP contribution in [0.1, 0.15) is 52.0 Å². The molecule has 0 aromatic carbocycles. The molecule has 7 heteroatoms. The molecule has 0 aliphatic carbocycles. The molecule has 3 heterocycles. The zero-order valence-corrected chi connectivity index (χ0v) is 11.4. The van der Waals surface area contributed by atoms with E-state index in [0.717, 1.165) is 25.0 Å². The number of aromatic amines is 1. The Labute approximate surface area is 121 Å². The van der Waals surface area contributed by atoms with Gasteiger partial charge in [-0.1, -0.05) is 0 Å². The van der Waals surface area contributed by atoms with Crippen LogP contribution >= 0.6 is 0 Å². The van der Waals surface area contributed by atoms with Gasteiger partial charge < -0.3 is 15.1 Å². The van der Waals surface area contributed by atoms with Gasteiger partial charge >= 0.3 is 0 Å². The second-order valence-electron chi connectivity index (χ2n) is 5.06. The third-order valence-electron chi connectivity index (χ3n) is 3.70. The van der Waals surface area contributed by atoms with E-state index in [1.165, 1.54) is 6.26 Å². The number of amides is 2. The number of nitrogens with one attached hydrogen (secondary N) is 1. The lowest BCUT2D eigenvalue weighted by Crippen LogP contribution is -2.38. The van der Waals surface area contributed by atoms with E-state index in [0.29, 0.717) is 12.3 Å². The van der Waals surface area contributed by atoms with Gasteiger partial charge in [-0.25, -0.2) is 0 Å². The Morgan fingerprint density at radius 2 is 2.29 bits per heavy atom. The summed E-state index contributed by atoms with van der Waals surface area (Å²) in [5.74, 6) is -0.423. The van der Waals surface area contributed by atoms with Crippen molar-refractivity contribution in [2.45, 2.75) is 25.3 Å². The van der Waals surface area contributed by atoms with Crippen LogP contribution in [0.4, 0.5) is 0 Å². The predicted molar refractivity (Wildman–Crippen MR) is 73.4 cm³/mol. The van der Waals surface area contributed by atoms with E-state index >= 15 is 0 Å². The molecule has 1 unspecified atom stereocenters. The summed E-state index contributed by atoms with van der Waals surface area (Å²) >= 11 is 0. The Bertz CT molecular complexity index is 647. The van der Waals surface area contributed by atoms with Crippen LogP contribution in [0.5, 0.6) is 0 Å². The van der Waals surface area contributed by atoms with Crippen LogP contribution in [-0.2, 0) is 0 Å². The standard InChI is InChI=1S/C14H16N4O3/c15-13(19)10-8-9(16-17-10)11-4-1-2-6-18(11)14(20)12-5-3-7-21-12/h3,5,7-8,11H,1-2,4,6H2,(H2,15,19)(H,16,17). The molecule has 1 fully saturated rings. The fourth-order valence-corrected chi connectivity index (χ4v) is 2.67. The molecule has 7 nitrogen and oxygen atoms in total. The molecule has 1 aliphatic heterocycles. The minimum absolute atomic E-state index is 0.142. The fourth-order valence-electron chi connectivity index (χ4n) is 2.67. The topological polar surface area (TPSA) is 105 Å². The number of rotatable bonds is 3. The van der Waals surface area contributed by atoms with E-state index in [2.05, 4.69) is 10.2 Å². The highest BCUT2D eigenvalue weighted by Gasteiger charge is 2.31. The van der Waals surface area contributed by atoms with E-state index in [9.17, 15) is 9.59 Å².